The smallest absolute Gasteiger partial charge is 0.335 e. The van der Waals surface area contributed by atoms with E-state index in [0.29, 0.717) is 30.3 Å². The summed E-state index contributed by atoms with van der Waals surface area (Å²) < 4.78 is 0. The van der Waals surface area contributed by atoms with E-state index in [4.69, 9.17) is 5.11 Å². The van der Waals surface area contributed by atoms with Crippen molar-refractivity contribution in [3.63, 3.8) is 0 Å². The second-order valence-corrected chi connectivity index (χ2v) is 7.08. The molecule has 1 aromatic carbocycles. The monoisotopic (exact) mass is 368 g/mol. The largest absolute Gasteiger partial charge is 0.478 e. The van der Waals surface area contributed by atoms with Gasteiger partial charge >= 0.3 is 5.97 Å². The van der Waals surface area contributed by atoms with Crippen LogP contribution >= 0.6 is 0 Å². The van der Waals surface area contributed by atoms with Crippen LogP contribution in [0.4, 0.5) is 5.95 Å². The number of amides is 1. The Hall–Kier alpha value is -2.96. The number of hydrogen-bond donors (Lipinski definition) is 1. The first-order valence-electron chi connectivity index (χ1n) is 9.00. The predicted molar refractivity (Wildman–Crippen MR) is 102 cm³/mol. The van der Waals surface area contributed by atoms with Gasteiger partial charge in [0, 0.05) is 39.3 Å². The van der Waals surface area contributed by atoms with Gasteiger partial charge in [-0.05, 0) is 37.5 Å². The molecular formula is C20H24N4O3. The number of likely N-dealkylation sites (tertiary alicyclic amines) is 1. The molecule has 1 amide bonds. The molecule has 27 heavy (non-hydrogen) atoms. The Morgan fingerprint density at radius 3 is 2.52 bits per heavy atom. The summed E-state index contributed by atoms with van der Waals surface area (Å²) in [6.07, 6.45) is 3.49. The average Bonchev–Trinajstić information content (AvgIpc) is 2.67. The fourth-order valence-corrected chi connectivity index (χ4v) is 3.38. The van der Waals surface area contributed by atoms with Crippen molar-refractivity contribution >= 4 is 17.8 Å². The normalized spacial score (nSPS) is 16.9. The molecule has 0 saturated carbocycles. The fraction of sp³-hybridized carbons (Fsp3) is 0.400. The highest BCUT2D eigenvalue weighted by molar-refractivity contribution is 5.95. The second-order valence-electron chi connectivity index (χ2n) is 7.08. The molecule has 142 valence electrons. The summed E-state index contributed by atoms with van der Waals surface area (Å²) in [5.41, 5.74) is 2.54. The SMILES string of the molecule is Cc1nc(N(C)C)ncc1C(=O)N1CCC[C@H](c2ccc(C(=O)O)cc2)C1. The summed E-state index contributed by atoms with van der Waals surface area (Å²) in [6, 6.07) is 6.94. The molecule has 1 aromatic heterocycles. The van der Waals surface area contributed by atoms with Gasteiger partial charge < -0.3 is 14.9 Å². The third-order valence-corrected chi connectivity index (χ3v) is 4.93. The van der Waals surface area contributed by atoms with Crippen molar-refractivity contribution in [2.45, 2.75) is 25.7 Å². The van der Waals surface area contributed by atoms with E-state index in [9.17, 15) is 9.59 Å². The Morgan fingerprint density at radius 2 is 1.93 bits per heavy atom. The number of carbonyl (C=O) groups excluding carboxylic acids is 1. The number of carboxylic acids is 1. The van der Waals surface area contributed by atoms with E-state index in [1.54, 1.807) is 23.2 Å². The van der Waals surface area contributed by atoms with Crippen molar-refractivity contribution in [2.75, 3.05) is 32.1 Å². The first kappa shape index (κ1) is 18.8. The van der Waals surface area contributed by atoms with Gasteiger partial charge in [-0.1, -0.05) is 12.1 Å². The average molecular weight is 368 g/mol. The van der Waals surface area contributed by atoms with Gasteiger partial charge in [-0.2, -0.15) is 0 Å². The molecule has 1 saturated heterocycles. The maximum atomic E-state index is 13.0. The van der Waals surface area contributed by atoms with Crippen LogP contribution in [-0.2, 0) is 0 Å². The maximum Gasteiger partial charge on any atom is 0.335 e. The minimum absolute atomic E-state index is 0.0512. The first-order chi connectivity index (χ1) is 12.9. The van der Waals surface area contributed by atoms with Crippen molar-refractivity contribution < 1.29 is 14.7 Å². The number of piperidine rings is 1. The summed E-state index contributed by atoms with van der Waals surface area (Å²) >= 11 is 0. The van der Waals surface area contributed by atoms with E-state index in [-0.39, 0.29) is 17.4 Å². The molecular weight excluding hydrogens is 344 g/mol. The quantitative estimate of drug-likeness (QED) is 0.893. The van der Waals surface area contributed by atoms with Crippen LogP contribution in [0, 0.1) is 6.92 Å². The molecule has 0 spiro atoms. The second kappa shape index (κ2) is 7.73. The van der Waals surface area contributed by atoms with E-state index in [1.807, 2.05) is 38.1 Å². The Balaban J connectivity index is 1.75. The van der Waals surface area contributed by atoms with Crippen LogP contribution in [0.25, 0.3) is 0 Å². The summed E-state index contributed by atoms with van der Waals surface area (Å²) in [7, 11) is 3.72. The van der Waals surface area contributed by atoms with Crippen LogP contribution in [0.1, 0.15) is 50.7 Å². The van der Waals surface area contributed by atoms with Crippen molar-refractivity contribution in [3.05, 3.63) is 52.8 Å². The van der Waals surface area contributed by atoms with Gasteiger partial charge in [-0.25, -0.2) is 14.8 Å². The minimum Gasteiger partial charge on any atom is -0.478 e. The number of rotatable bonds is 4. The first-order valence-corrected chi connectivity index (χ1v) is 9.00. The zero-order valence-corrected chi connectivity index (χ0v) is 15.8. The van der Waals surface area contributed by atoms with E-state index >= 15 is 0 Å². The van der Waals surface area contributed by atoms with Crippen molar-refractivity contribution in [3.8, 4) is 0 Å². The van der Waals surface area contributed by atoms with Crippen LogP contribution in [0.5, 0.6) is 0 Å². The lowest BCUT2D eigenvalue weighted by atomic mass is 9.90. The van der Waals surface area contributed by atoms with Gasteiger partial charge in [0.15, 0.2) is 0 Å². The number of aromatic nitrogens is 2. The maximum absolute atomic E-state index is 13.0. The highest BCUT2D eigenvalue weighted by Crippen LogP contribution is 2.28. The van der Waals surface area contributed by atoms with Crippen molar-refractivity contribution in [1.82, 2.24) is 14.9 Å². The molecule has 0 aliphatic carbocycles. The highest BCUT2D eigenvalue weighted by atomic mass is 16.4. The molecule has 3 rings (SSSR count). The number of nitrogens with zero attached hydrogens (tertiary/aromatic N) is 4. The van der Waals surface area contributed by atoms with Gasteiger partial charge in [-0.15, -0.1) is 0 Å². The lowest BCUT2D eigenvalue weighted by molar-refractivity contribution is 0.0693. The number of aryl methyl sites for hydroxylation is 1. The standard InChI is InChI=1S/C20H24N4O3/c1-13-17(11-21-20(22-13)23(2)3)18(25)24-10-4-5-16(12-24)14-6-8-15(9-7-14)19(26)27/h6-9,11,16H,4-5,10,12H2,1-3H3,(H,26,27)/t16-/m0/s1. The predicted octanol–water partition coefficient (Wildman–Crippen LogP) is 2.57. The van der Waals surface area contributed by atoms with Gasteiger partial charge in [0.25, 0.3) is 5.91 Å². The molecule has 7 nitrogen and oxygen atoms in total. The van der Waals surface area contributed by atoms with Crippen LogP contribution in [-0.4, -0.2) is 59.0 Å². The number of carbonyl (C=O) groups is 2. The minimum atomic E-state index is -0.932. The lowest BCUT2D eigenvalue weighted by Crippen LogP contribution is -2.39. The lowest BCUT2D eigenvalue weighted by Gasteiger charge is -2.33. The summed E-state index contributed by atoms with van der Waals surface area (Å²) in [5, 5.41) is 9.04. The molecule has 0 unspecified atom stereocenters. The molecule has 1 aliphatic heterocycles. The number of hydrogen-bond acceptors (Lipinski definition) is 5. The zero-order chi connectivity index (χ0) is 19.6. The van der Waals surface area contributed by atoms with Crippen molar-refractivity contribution in [2.24, 2.45) is 0 Å². The molecule has 1 aliphatic rings. The highest BCUT2D eigenvalue weighted by Gasteiger charge is 2.27. The molecule has 1 fully saturated rings. The Morgan fingerprint density at radius 1 is 1.22 bits per heavy atom. The van der Waals surface area contributed by atoms with E-state index in [1.165, 1.54) is 0 Å². The zero-order valence-electron chi connectivity index (χ0n) is 15.8. The molecule has 2 heterocycles. The Kier molecular flexibility index (Phi) is 5.39. The van der Waals surface area contributed by atoms with Crippen LogP contribution in [0.2, 0.25) is 0 Å². The molecule has 2 aromatic rings. The third kappa shape index (κ3) is 4.07. The van der Waals surface area contributed by atoms with Gasteiger partial charge in [-0.3, -0.25) is 4.79 Å². The Bertz CT molecular complexity index is 849. The van der Waals surface area contributed by atoms with Gasteiger partial charge in [0.05, 0.1) is 16.8 Å². The summed E-state index contributed by atoms with van der Waals surface area (Å²) in [5.74, 6) is -0.199. The van der Waals surface area contributed by atoms with Crippen LogP contribution in [0.15, 0.2) is 30.5 Å². The van der Waals surface area contributed by atoms with Crippen LogP contribution < -0.4 is 4.90 Å². The van der Waals surface area contributed by atoms with Gasteiger partial charge in [0.2, 0.25) is 5.95 Å². The number of benzene rings is 1. The Labute approximate surface area is 158 Å². The van der Waals surface area contributed by atoms with E-state index < -0.39 is 5.97 Å². The molecule has 1 N–H and O–H groups in total. The third-order valence-electron chi connectivity index (χ3n) is 4.93. The van der Waals surface area contributed by atoms with E-state index in [0.717, 1.165) is 18.4 Å². The number of carboxylic acid groups (broad SMARTS) is 1. The fourth-order valence-electron chi connectivity index (χ4n) is 3.38. The molecule has 0 bridgehead atoms. The molecule has 7 heteroatoms. The number of anilines is 1. The van der Waals surface area contributed by atoms with Gasteiger partial charge in [0.1, 0.15) is 0 Å². The number of aromatic carboxylic acids is 1. The molecule has 0 radical (unpaired) electrons. The summed E-state index contributed by atoms with van der Waals surface area (Å²) in [4.78, 5) is 36.3. The van der Waals surface area contributed by atoms with Crippen LogP contribution in [0.3, 0.4) is 0 Å². The topological polar surface area (TPSA) is 86.6 Å². The van der Waals surface area contributed by atoms with Crippen molar-refractivity contribution in [1.29, 1.82) is 0 Å². The van der Waals surface area contributed by atoms with E-state index in [2.05, 4.69) is 9.97 Å². The summed E-state index contributed by atoms with van der Waals surface area (Å²) in [6.45, 7) is 3.14. The molecule has 1 atom stereocenters.